The third kappa shape index (κ3) is 3.83. The highest BCUT2D eigenvalue weighted by Crippen LogP contribution is 2.18. The first-order chi connectivity index (χ1) is 11.7. The lowest BCUT2D eigenvalue weighted by Crippen LogP contribution is -2.31. The quantitative estimate of drug-likeness (QED) is 0.829. The molecule has 0 aliphatic heterocycles. The highest BCUT2D eigenvalue weighted by Gasteiger charge is 2.16. The molecule has 0 saturated heterocycles. The van der Waals surface area contributed by atoms with Crippen molar-refractivity contribution >= 4 is 0 Å². The van der Waals surface area contributed by atoms with Gasteiger partial charge in [-0.1, -0.05) is 18.2 Å². The fourth-order valence-electron chi connectivity index (χ4n) is 2.95. The molecule has 24 heavy (non-hydrogen) atoms. The zero-order chi connectivity index (χ0) is 16.9. The highest BCUT2D eigenvalue weighted by molar-refractivity contribution is 5.32. The summed E-state index contributed by atoms with van der Waals surface area (Å²) in [6, 6.07) is 9.22. The van der Waals surface area contributed by atoms with Gasteiger partial charge in [-0.05, 0) is 30.9 Å². The molecular formula is C18H22N2O4. The molecule has 128 valence electrons. The second-order valence-corrected chi connectivity index (χ2v) is 5.97. The maximum Gasteiger partial charge on any atom is 0.267 e. The van der Waals surface area contributed by atoms with E-state index in [-0.39, 0.29) is 18.7 Å². The first-order valence-electron chi connectivity index (χ1n) is 8.15. The van der Waals surface area contributed by atoms with Gasteiger partial charge >= 0.3 is 0 Å². The van der Waals surface area contributed by atoms with Gasteiger partial charge in [0.2, 0.25) is 0 Å². The van der Waals surface area contributed by atoms with Crippen LogP contribution in [-0.4, -0.2) is 34.7 Å². The maximum atomic E-state index is 12.0. The fraction of sp³-hybridized carbons (Fsp3) is 0.444. The zero-order valence-corrected chi connectivity index (χ0v) is 13.8. The van der Waals surface area contributed by atoms with E-state index in [1.165, 1.54) is 4.68 Å². The number of aryl methyl sites for hydroxylation is 2. The Morgan fingerprint density at radius 2 is 2.17 bits per heavy atom. The monoisotopic (exact) mass is 330 g/mol. The number of hydrogen-bond donors (Lipinski definition) is 1. The van der Waals surface area contributed by atoms with Crippen LogP contribution in [0.3, 0.4) is 0 Å². The molecule has 1 N–H and O–H groups in total. The molecule has 0 saturated carbocycles. The summed E-state index contributed by atoms with van der Waals surface area (Å²) < 4.78 is 12.1. The number of ether oxygens (including phenoxy) is 2. The SMILES string of the molecule is COc1ccccc1COCC(O)Cn1nc2c(cc1=O)CCC2. The van der Waals surface area contributed by atoms with E-state index in [1.54, 1.807) is 13.2 Å². The second kappa shape index (κ2) is 7.59. The van der Waals surface area contributed by atoms with E-state index < -0.39 is 6.10 Å². The maximum absolute atomic E-state index is 12.0. The number of aromatic nitrogens is 2. The lowest BCUT2D eigenvalue weighted by Gasteiger charge is -2.14. The average Bonchev–Trinajstić information content (AvgIpc) is 3.02. The lowest BCUT2D eigenvalue weighted by molar-refractivity contribution is 0.0173. The molecule has 3 rings (SSSR count). The number of aliphatic hydroxyl groups is 1. The minimum absolute atomic E-state index is 0.128. The summed E-state index contributed by atoms with van der Waals surface area (Å²) in [6.07, 6.45) is 2.07. The van der Waals surface area contributed by atoms with Crippen LogP contribution < -0.4 is 10.3 Å². The Bertz CT molecular complexity index is 757. The molecule has 1 aliphatic carbocycles. The van der Waals surface area contributed by atoms with Gasteiger partial charge in [0.1, 0.15) is 5.75 Å². The predicted octanol–water partition coefficient (Wildman–Crippen LogP) is 1.32. The van der Waals surface area contributed by atoms with Crippen molar-refractivity contribution in [1.82, 2.24) is 9.78 Å². The standard InChI is InChI=1S/C18H22N2O4/c1-23-17-8-3-2-5-14(17)11-24-12-15(21)10-20-18(22)9-13-6-4-7-16(13)19-20/h2-3,5,8-9,15,21H,4,6-7,10-12H2,1H3. The van der Waals surface area contributed by atoms with Crippen molar-refractivity contribution in [3.63, 3.8) is 0 Å². The molecule has 1 atom stereocenters. The van der Waals surface area contributed by atoms with Crippen molar-refractivity contribution in [1.29, 1.82) is 0 Å². The molecule has 1 aromatic heterocycles. The van der Waals surface area contributed by atoms with Gasteiger partial charge in [0.05, 0.1) is 38.7 Å². The topological polar surface area (TPSA) is 73.6 Å². The van der Waals surface area contributed by atoms with Gasteiger partial charge in [0.25, 0.3) is 5.56 Å². The molecule has 1 heterocycles. The van der Waals surface area contributed by atoms with Crippen LogP contribution in [0, 0.1) is 0 Å². The van der Waals surface area contributed by atoms with Crippen molar-refractivity contribution in [2.45, 2.75) is 38.5 Å². The van der Waals surface area contributed by atoms with Gasteiger partial charge < -0.3 is 14.6 Å². The molecule has 0 radical (unpaired) electrons. The molecule has 1 unspecified atom stereocenters. The number of rotatable bonds is 7. The lowest BCUT2D eigenvalue weighted by atomic mass is 10.2. The Labute approximate surface area is 140 Å². The van der Waals surface area contributed by atoms with E-state index in [9.17, 15) is 9.90 Å². The summed E-state index contributed by atoms with van der Waals surface area (Å²) in [5.74, 6) is 0.753. The van der Waals surface area contributed by atoms with Crippen LogP contribution >= 0.6 is 0 Å². The molecule has 0 spiro atoms. The summed E-state index contributed by atoms with van der Waals surface area (Å²) in [5, 5.41) is 14.5. The van der Waals surface area contributed by atoms with E-state index >= 15 is 0 Å². The molecular weight excluding hydrogens is 308 g/mol. The largest absolute Gasteiger partial charge is 0.496 e. The third-order valence-electron chi connectivity index (χ3n) is 4.17. The summed E-state index contributed by atoms with van der Waals surface area (Å²) >= 11 is 0. The van der Waals surface area contributed by atoms with Crippen LogP contribution in [0.2, 0.25) is 0 Å². The van der Waals surface area contributed by atoms with E-state index in [4.69, 9.17) is 9.47 Å². The first kappa shape index (κ1) is 16.7. The van der Waals surface area contributed by atoms with Crippen LogP contribution in [0.4, 0.5) is 0 Å². The molecule has 1 aromatic carbocycles. The summed E-state index contributed by atoms with van der Waals surface area (Å²) in [5.41, 5.74) is 2.76. The fourth-order valence-corrected chi connectivity index (χ4v) is 2.95. The second-order valence-electron chi connectivity index (χ2n) is 5.97. The number of nitrogens with zero attached hydrogens (tertiary/aromatic N) is 2. The molecule has 0 fully saturated rings. The zero-order valence-electron chi connectivity index (χ0n) is 13.8. The number of aliphatic hydroxyl groups excluding tert-OH is 1. The predicted molar refractivity (Wildman–Crippen MR) is 89.2 cm³/mol. The number of methoxy groups -OCH3 is 1. The van der Waals surface area contributed by atoms with Gasteiger partial charge in [0, 0.05) is 11.6 Å². The van der Waals surface area contributed by atoms with E-state index in [0.29, 0.717) is 6.61 Å². The Morgan fingerprint density at radius 3 is 3.00 bits per heavy atom. The minimum atomic E-state index is -0.788. The van der Waals surface area contributed by atoms with Gasteiger partial charge in [-0.3, -0.25) is 4.79 Å². The number of hydrogen-bond acceptors (Lipinski definition) is 5. The van der Waals surface area contributed by atoms with Crippen LogP contribution in [0.1, 0.15) is 23.2 Å². The van der Waals surface area contributed by atoms with Gasteiger partial charge in [0.15, 0.2) is 0 Å². The summed E-state index contributed by atoms with van der Waals surface area (Å²) in [6.45, 7) is 0.606. The Morgan fingerprint density at radius 1 is 1.33 bits per heavy atom. The van der Waals surface area contributed by atoms with E-state index in [2.05, 4.69) is 5.10 Å². The smallest absolute Gasteiger partial charge is 0.267 e. The summed E-state index contributed by atoms with van der Waals surface area (Å²) in [4.78, 5) is 12.0. The van der Waals surface area contributed by atoms with Crippen molar-refractivity contribution in [2.24, 2.45) is 0 Å². The Balaban J connectivity index is 1.55. The molecule has 0 amide bonds. The first-order valence-corrected chi connectivity index (χ1v) is 8.15. The molecule has 6 heteroatoms. The Kier molecular flexibility index (Phi) is 5.27. The van der Waals surface area contributed by atoms with Crippen molar-refractivity contribution in [2.75, 3.05) is 13.7 Å². The molecule has 6 nitrogen and oxygen atoms in total. The minimum Gasteiger partial charge on any atom is -0.496 e. The van der Waals surface area contributed by atoms with E-state index in [1.807, 2.05) is 24.3 Å². The average molecular weight is 330 g/mol. The van der Waals surface area contributed by atoms with Gasteiger partial charge in [-0.25, -0.2) is 4.68 Å². The van der Waals surface area contributed by atoms with Crippen molar-refractivity contribution in [3.8, 4) is 5.75 Å². The third-order valence-corrected chi connectivity index (χ3v) is 4.17. The molecule has 2 aromatic rings. The Hall–Kier alpha value is -2.18. The van der Waals surface area contributed by atoms with Crippen LogP contribution in [0.15, 0.2) is 35.1 Å². The van der Waals surface area contributed by atoms with Crippen molar-refractivity contribution < 1.29 is 14.6 Å². The number of fused-ring (bicyclic) bond motifs is 1. The van der Waals surface area contributed by atoms with E-state index in [0.717, 1.165) is 41.8 Å². The van der Waals surface area contributed by atoms with Gasteiger partial charge in [-0.15, -0.1) is 0 Å². The van der Waals surface area contributed by atoms with Crippen molar-refractivity contribution in [3.05, 3.63) is 57.5 Å². The molecule has 0 bridgehead atoms. The van der Waals surface area contributed by atoms with Crippen LogP contribution in [0.5, 0.6) is 5.75 Å². The van der Waals surface area contributed by atoms with Crippen LogP contribution in [0.25, 0.3) is 0 Å². The summed E-state index contributed by atoms with van der Waals surface area (Å²) in [7, 11) is 1.61. The highest BCUT2D eigenvalue weighted by atomic mass is 16.5. The molecule has 1 aliphatic rings. The number of para-hydroxylation sites is 1. The van der Waals surface area contributed by atoms with Crippen LogP contribution in [-0.2, 0) is 30.7 Å². The normalized spacial score (nSPS) is 14.4. The van der Waals surface area contributed by atoms with Gasteiger partial charge in [-0.2, -0.15) is 5.10 Å². The number of benzene rings is 1.